The highest BCUT2D eigenvalue weighted by Gasteiger charge is 2.26. The number of rotatable bonds is 2. The first-order chi connectivity index (χ1) is 9.24. The van der Waals surface area contributed by atoms with Gasteiger partial charge in [-0.05, 0) is 25.1 Å². The van der Waals surface area contributed by atoms with Gasteiger partial charge in [0.25, 0.3) is 5.62 Å². The molecule has 2 aromatic carbocycles. The first-order valence-electron chi connectivity index (χ1n) is 6.07. The summed E-state index contributed by atoms with van der Waals surface area (Å²) in [6.07, 6.45) is 0. The van der Waals surface area contributed by atoms with E-state index in [1.165, 1.54) is 0 Å². The molecule has 3 rings (SSSR count). The van der Waals surface area contributed by atoms with Gasteiger partial charge in [-0.3, -0.25) is 0 Å². The van der Waals surface area contributed by atoms with E-state index in [1.54, 1.807) is 0 Å². The molecule has 0 aliphatic carbocycles. The van der Waals surface area contributed by atoms with Gasteiger partial charge < -0.3 is 9.47 Å². The molecule has 1 aliphatic rings. The quantitative estimate of drug-likeness (QED) is 0.844. The van der Waals surface area contributed by atoms with Crippen molar-refractivity contribution in [1.82, 2.24) is 0 Å². The highest BCUT2D eigenvalue weighted by atomic mass is 32.2. The SMILES string of the molecule is Cc1ccc(S(=O)C2OCc3ccccc3O2)cc1. The molecule has 0 aromatic heterocycles. The summed E-state index contributed by atoms with van der Waals surface area (Å²) in [5, 5.41) is 0. The molecule has 19 heavy (non-hydrogen) atoms. The van der Waals surface area contributed by atoms with Crippen molar-refractivity contribution in [1.29, 1.82) is 0 Å². The molecule has 0 fully saturated rings. The monoisotopic (exact) mass is 274 g/mol. The summed E-state index contributed by atoms with van der Waals surface area (Å²) >= 11 is 0. The summed E-state index contributed by atoms with van der Waals surface area (Å²) in [4.78, 5) is 0.718. The van der Waals surface area contributed by atoms with Crippen molar-refractivity contribution < 1.29 is 13.7 Å². The molecular formula is C15H14O3S. The zero-order chi connectivity index (χ0) is 13.2. The predicted octanol–water partition coefficient (Wildman–Crippen LogP) is 3.00. The Morgan fingerprint density at radius 2 is 1.84 bits per heavy atom. The molecule has 0 radical (unpaired) electrons. The number of benzene rings is 2. The van der Waals surface area contributed by atoms with E-state index in [9.17, 15) is 4.21 Å². The van der Waals surface area contributed by atoms with Crippen LogP contribution in [0.2, 0.25) is 0 Å². The Labute approximate surface area is 114 Å². The molecule has 0 spiro atoms. The molecule has 2 aromatic rings. The van der Waals surface area contributed by atoms with Crippen LogP contribution in [0.15, 0.2) is 53.4 Å². The van der Waals surface area contributed by atoms with Crippen molar-refractivity contribution in [2.45, 2.75) is 24.0 Å². The van der Waals surface area contributed by atoms with Gasteiger partial charge in [-0.25, -0.2) is 4.21 Å². The molecule has 98 valence electrons. The summed E-state index contributed by atoms with van der Waals surface area (Å²) in [5.41, 5.74) is 1.38. The van der Waals surface area contributed by atoms with Gasteiger partial charge in [-0.2, -0.15) is 0 Å². The van der Waals surface area contributed by atoms with Crippen LogP contribution < -0.4 is 4.74 Å². The lowest BCUT2D eigenvalue weighted by molar-refractivity contribution is -0.0485. The van der Waals surface area contributed by atoms with Crippen molar-refractivity contribution in [3.8, 4) is 5.75 Å². The molecule has 2 atom stereocenters. The minimum absolute atomic E-state index is 0.429. The van der Waals surface area contributed by atoms with Crippen LogP contribution in [0.3, 0.4) is 0 Å². The Bertz CT molecular complexity index is 607. The molecule has 0 bridgehead atoms. The highest BCUT2D eigenvalue weighted by molar-refractivity contribution is 7.85. The van der Waals surface area contributed by atoms with Crippen molar-refractivity contribution in [3.63, 3.8) is 0 Å². The molecule has 1 heterocycles. The first-order valence-corrected chi connectivity index (χ1v) is 7.29. The Morgan fingerprint density at radius 3 is 2.63 bits per heavy atom. The van der Waals surface area contributed by atoms with Crippen LogP contribution >= 0.6 is 0 Å². The fraction of sp³-hybridized carbons (Fsp3) is 0.200. The Morgan fingerprint density at radius 1 is 1.11 bits per heavy atom. The molecule has 0 saturated carbocycles. The molecule has 4 heteroatoms. The van der Waals surface area contributed by atoms with Gasteiger partial charge in [0.05, 0.1) is 6.61 Å². The fourth-order valence-corrected chi connectivity index (χ4v) is 2.93. The highest BCUT2D eigenvalue weighted by Crippen LogP contribution is 2.28. The van der Waals surface area contributed by atoms with Gasteiger partial charge >= 0.3 is 0 Å². The molecule has 0 saturated heterocycles. The molecule has 3 nitrogen and oxygen atoms in total. The topological polar surface area (TPSA) is 35.5 Å². The van der Waals surface area contributed by atoms with Crippen LogP contribution in [0, 0.1) is 6.92 Å². The van der Waals surface area contributed by atoms with E-state index in [1.807, 2.05) is 55.5 Å². The van der Waals surface area contributed by atoms with E-state index >= 15 is 0 Å². The Kier molecular flexibility index (Phi) is 3.36. The number of hydrogen-bond acceptors (Lipinski definition) is 3. The van der Waals surface area contributed by atoms with Gasteiger partial charge in [-0.1, -0.05) is 35.9 Å². The zero-order valence-electron chi connectivity index (χ0n) is 10.5. The fourth-order valence-electron chi connectivity index (χ4n) is 1.92. The largest absolute Gasteiger partial charge is 0.452 e. The second-order valence-corrected chi connectivity index (χ2v) is 5.89. The summed E-state index contributed by atoms with van der Waals surface area (Å²) in [7, 11) is -1.33. The maximum atomic E-state index is 12.4. The van der Waals surface area contributed by atoms with Gasteiger partial charge in [0.1, 0.15) is 16.5 Å². The average molecular weight is 274 g/mol. The van der Waals surface area contributed by atoms with Crippen LogP contribution in [-0.2, 0) is 22.1 Å². The number of hydrogen-bond donors (Lipinski definition) is 0. The van der Waals surface area contributed by atoms with E-state index in [2.05, 4.69) is 0 Å². The third-order valence-corrected chi connectivity index (χ3v) is 4.32. The third-order valence-electron chi connectivity index (χ3n) is 3.00. The Hall–Kier alpha value is -1.65. The van der Waals surface area contributed by atoms with E-state index in [0.29, 0.717) is 6.61 Å². The van der Waals surface area contributed by atoms with Crippen LogP contribution in [0.4, 0.5) is 0 Å². The number of ether oxygens (including phenoxy) is 2. The lowest BCUT2D eigenvalue weighted by atomic mass is 10.2. The number of para-hydroxylation sites is 1. The number of fused-ring (bicyclic) bond motifs is 1. The summed E-state index contributed by atoms with van der Waals surface area (Å²) in [6.45, 7) is 2.43. The second kappa shape index (κ2) is 5.15. The van der Waals surface area contributed by atoms with Gasteiger partial charge in [-0.15, -0.1) is 0 Å². The number of aryl methyl sites for hydroxylation is 1. The summed E-state index contributed by atoms with van der Waals surface area (Å²) < 4.78 is 23.6. The molecule has 1 aliphatic heterocycles. The predicted molar refractivity (Wildman–Crippen MR) is 73.2 cm³/mol. The van der Waals surface area contributed by atoms with Crippen LogP contribution in [0.5, 0.6) is 5.75 Å². The van der Waals surface area contributed by atoms with E-state index in [4.69, 9.17) is 9.47 Å². The molecule has 0 amide bonds. The van der Waals surface area contributed by atoms with E-state index in [-0.39, 0.29) is 0 Å². The van der Waals surface area contributed by atoms with Crippen LogP contribution in [0.25, 0.3) is 0 Å². The van der Waals surface area contributed by atoms with Gasteiger partial charge in [0.2, 0.25) is 0 Å². The molecular weight excluding hydrogens is 260 g/mol. The lowest BCUT2D eigenvalue weighted by Crippen LogP contribution is -2.29. The zero-order valence-corrected chi connectivity index (χ0v) is 11.4. The molecule has 0 N–H and O–H groups in total. The third kappa shape index (κ3) is 2.55. The average Bonchev–Trinajstić information content (AvgIpc) is 2.47. The Balaban J connectivity index is 1.81. The minimum atomic E-state index is -1.33. The maximum Gasteiger partial charge on any atom is 0.282 e. The maximum absolute atomic E-state index is 12.4. The normalized spacial score (nSPS) is 19.3. The molecule has 2 unspecified atom stereocenters. The second-order valence-electron chi connectivity index (χ2n) is 4.44. The van der Waals surface area contributed by atoms with Crippen LogP contribution in [-0.4, -0.2) is 9.83 Å². The van der Waals surface area contributed by atoms with Gasteiger partial charge in [0.15, 0.2) is 0 Å². The summed E-state index contributed by atoms with van der Waals surface area (Å²) in [6, 6.07) is 15.2. The smallest absolute Gasteiger partial charge is 0.282 e. The van der Waals surface area contributed by atoms with Crippen molar-refractivity contribution in [3.05, 3.63) is 59.7 Å². The van der Waals surface area contributed by atoms with Gasteiger partial charge in [0, 0.05) is 10.5 Å². The first kappa shape index (κ1) is 12.4. The minimum Gasteiger partial charge on any atom is -0.452 e. The van der Waals surface area contributed by atoms with Crippen molar-refractivity contribution >= 4 is 10.8 Å². The van der Waals surface area contributed by atoms with E-state index in [0.717, 1.165) is 21.8 Å². The van der Waals surface area contributed by atoms with Crippen molar-refractivity contribution in [2.24, 2.45) is 0 Å². The van der Waals surface area contributed by atoms with Crippen molar-refractivity contribution in [2.75, 3.05) is 0 Å². The standard InChI is InChI=1S/C15H14O3S/c1-11-6-8-13(9-7-11)19(16)15-17-10-12-4-2-3-5-14(12)18-15/h2-9,15H,10H2,1H3. The van der Waals surface area contributed by atoms with E-state index < -0.39 is 16.4 Å². The summed E-state index contributed by atoms with van der Waals surface area (Å²) in [5.74, 6) is 0.749. The van der Waals surface area contributed by atoms with Crippen LogP contribution in [0.1, 0.15) is 11.1 Å². The lowest BCUT2D eigenvalue weighted by Gasteiger charge is -2.25.